The van der Waals surface area contributed by atoms with Gasteiger partial charge in [0.25, 0.3) is 10.0 Å². The zero-order valence-corrected chi connectivity index (χ0v) is 28.6. The van der Waals surface area contributed by atoms with Crippen molar-refractivity contribution >= 4 is 62.3 Å². The summed E-state index contributed by atoms with van der Waals surface area (Å²) in [6.45, 7) is 3.06. The summed E-state index contributed by atoms with van der Waals surface area (Å²) in [5.74, 6) is -0.921. The first-order chi connectivity index (χ1) is 22.0. The molecule has 46 heavy (non-hydrogen) atoms. The van der Waals surface area contributed by atoms with E-state index in [1.54, 1.807) is 43.3 Å². The summed E-state index contributed by atoms with van der Waals surface area (Å²) < 4.78 is 35.0. The van der Waals surface area contributed by atoms with Crippen molar-refractivity contribution in [3.8, 4) is 5.75 Å². The van der Waals surface area contributed by atoms with E-state index in [2.05, 4.69) is 5.32 Å². The molecule has 4 aromatic carbocycles. The summed E-state index contributed by atoms with van der Waals surface area (Å²) in [6.07, 6.45) is 0.145. The number of nitrogens with one attached hydrogen (secondary N) is 1. The van der Waals surface area contributed by atoms with Gasteiger partial charge in [0.15, 0.2) is 0 Å². The SMILES string of the molecule is CCNC(=O)[C@H](Cc1ccccc1)N(Cc1c(Cl)cccc1Cl)C(=O)CN(c1cc(Cl)ccc1OC)S(=O)(=O)c1ccc(C)cc1. The van der Waals surface area contributed by atoms with Gasteiger partial charge in [0.2, 0.25) is 11.8 Å². The summed E-state index contributed by atoms with van der Waals surface area (Å²) in [5.41, 5.74) is 2.12. The Balaban J connectivity index is 1.88. The lowest BCUT2D eigenvalue weighted by atomic mass is 10.0. The molecule has 0 fully saturated rings. The molecular weight excluding hydrogens is 669 g/mol. The van der Waals surface area contributed by atoms with Crippen molar-refractivity contribution in [1.82, 2.24) is 10.2 Å². The van der Waals surface area contributed by atoms with E-state index in [9.17, 15) is 18.0 Å². The number of aryl methyl sites for hydroxylation is 1. The van der Waals surface area contributed by atoms with Gasteiger partial charge in [0.1, 0.15) is 18.3 Å². The summed E-state index contributed by atoms with van der Waals surface area (Å²) in [6, 6.07) is 23.9. The molecule has 0 heterocycles. The maximum absolute atomic E-state index is 14.6. The van der Waals surface area contributed by atoms with Crippen molar-refractivity contribution in [1.29, 1.82) is 0 Å². The molecule has 0 unspecified atom stereocenters. The van der Waals surface area contributed by atoms with Crippen LogP contribution in [0.1, 0.15) is 23.6 Å². The van der Waals surface area contributed by atoms with Crippen molar-refractivity contribution in [3.05, 3.63) is 123 Å². The van der Waals surface area contributed by atoms with Crippen molar-refractivity contribution in [2.75, 3.05) is 24.5 Å². The summed E-state index contributed by atoms with van der Waals surface area (Å²) in [4.78, 5) is 29.5. The number of nitrogens with zero attached hydrogens (tertiary/aromatic N) is 2. The number of halogens is 3. The maximum Gasteiger partial charge on any atom is 0.264 e. The Hall–Kier alpha value is -3.76. The first-order valence-electron chi connectivity index (χ1n) is 14.4. The Morgan fingerprint density at radius 3 is 2.15 bits per heavy atom. The molecule has 1 atom stereocenters. The fourth-order valence-corrected chi connectivity index (χ4v) is 7.01. The lowest BCUT2D eigenvalue weighted by Gasteiger charge is -2.34. The van der Waals surface area contributed by atoms with Crippen LogP contribution in [-0.2, 0) is 32.6 Å². The van der Waals surface area contributed by atoms with Gasteiger partial charge in [-0.05, 0) is 61.9 Å². The van der Waals surface area contributed by atoms with Gasteiger partial charge >= 0.3 is 0 Å². The van der Waals surface area contributed by atoms with Crippen LogP contribution < -0.4 is 14.4 Å². The zero-order valence-electron chi connectivity index (χ0n) is 25.5. The molecule has 2 amide bonds. The van der Waals surface area contributed by atoms with Crippen molar-refractivity contribution in [3.63, 3.8) is 0 Å². The fraction of sp³-hybridized carbons (Fsp3) is 0.235. The van der Waals surface area contributed by atoms with E-state index in [0.29, 0.717) is 22.2 Å². The highest BCUT2D eigenvalue weighted by molar-refractivity contribution is 7.92. The van der Waals surface area contributed by atoms with Crippen molar-refractivity contribution < 1.29 is 22.7 Å². The molecule has 4 aromatic rings. The average Bonchev–Trinajstić information content (AvgIpc) is 3.03. The van der Waals surface area contributed by atoms with Crippen LogP contribution in [-0.4, -0.2) is 51.4 Å². The summed E-state index contributed by atoms with van der Waals surface area (Å²) in [5, 5.41) is 3.64. The second kappa shape index (κ2) is 15.7. The van der Waals surface area contributed by atoms with Crippen LogP contribution in [0.15, 0.2) is 95.9 Å². The quantitative estimate of drug-likeness (QED) is 0.163. The second-order valence-corrected chi connectivity index (χ2v) is 13.6. The highest BCUT2D eigenvalue weighted by Gasteiger charge is 2.36. The zero-order chi connectivity index (χ0) is 33.4. The number of rotatable bonds is 13. The van der Waals surface area contributed by atoms with Gasteiger partial charge in [-0.2, -0.15) is 0 Å². The predicted octanol–water partition coefficient (Wildman–Crippen LogP) is 6.94. The second-order valence-electron chi connectivity index (χ2n) is 10.5. The normalized spacial score (nSPS) is 11.9. The first-order valence-corrected chi connectivity index (χ1v) is 17.0. The Kier molecular flexibility index (Phi) is 12.0. The van der Waals surface area contributed by atoms with Crippen LogP contribution in [0.5, 0.6) is 5.75 Å². The van der Waals surface area contributed by atoms with E-state index in [0.717, 1.165) is 15.4 Å². The number of hydrogen-bond donors (Lipinski definition) is 1. The van der Waals surface area contributed by atoms with E-state index in [4.69, 9.17) is 39.5 Å². The molecule has 0 radical (unpaired) electrons. The van der Waals surface area contributed by atoms with Crippen LogP contribution in [0.4, 0.5) is 5.69 Å². The fourth-order valence-electron chi connectivity index (χ4n) is 4.91. The van der Waals surface area contributed by atoms with Crippen LogP contribution in [0.2, 0.25) is 15.1 Å². The lowest BCUT2D eigenvalue weighted by molar-refractivity contribution is -0.140. The van der Waals surface area contributed by atoms with E-state index in [1.165, 1.54) is 36.3 Å². The number of ether oxygens (including phenoxy) is 1. The number of carbonyl (C=O) groups excluding carboxylic acids is 2. The maximum atomic E-state index is 14.6. The number of likely N-dealkylation sites (N-methyl/N-ethyl adjacent to an activating group) is 1. The smallest absolute Gasteiger partial charge is 0.264 e. The monoisotopic (exact) mass is 701 g/mol. The minimum Gasteiger partial charge on any atom is -0.495 e. The molecule has 1 N–H and O–H groups in total. The van der Waals surface area contributed by atoms with Crippen LogP contribution in [0.25, 0.3) is 0 Å². The Morgan fingerprint density at radius 2 is 1.54 bits per heavy atom. The highest BCUT2D eigenvalue weighted by Crippen LogP contribution is 2.35. The van der Waals surface area contributed by atoms with Crippen molar-refractivity contribution in [2.24, 2.45) is 0 Å². The van der Waals surface area contributed by atoms with Gasteiger partial charge in [-0.1, -0.05) is 88.9 Å². The minimum atomic E-state index is -4.36. The Bertz CT molecular complexity index is 1770. The number of carbonyl (C=O) groups is 2. The van der Waals surface area contributed by atoms with Gasteiger partial charge in [0, 0.05) is 40.1 Å². The lowest BCUT2D eigenvalue weighted by Crippen LogP contribution is -2.53. The molecule has 0 spiro atoms. The standard InChI is InChI=1S/C34H34Cl3N3O5S/c1-4-38-34(42)31(19-24-9-6-5-7-10-24)39(21-27-28(36)11-8-12-29(27)37)33(41)22-40(30-20-25(35)15-18-32(30)45-3)46(43,44)26-16-13-23(2)14-17-26/h5-18,20,31H,4,19,21-22H2,1-3H3,(H,38,42)/t31-/m0/s1. The van der Waals surface area contributed by atoms with Gasteiger partial charge in [0.05, 0.1) is 17.7 Å². The third-order valence-electron chi connectivity index (χ3n) is 7.31. The number of hydrogen-bond acceptors (Lipinski definition) is 5. The van der Waals surface area contributed by atoms with Gasteiger partial charge in [-0.3, -0.25) is 13.9 Å². The van der Waals surface area contributed by atoms with Crippen LogP contribution in [0, 0.1) is 6.92 Å². The molecule has 4 rings (SSSR count). The molecule has 0 aliphatic rings. The van der Waals surface area contributed by atoms with E-state index < -0.39 is 34.4 Å². The van der Waals surface area contributed by atoms with E-state index >= 15 is 0 Å². The third-order valence-corrected chi connectivity index (χ3v) is 10.0. The van der Waals surface area contributed by atoms with Crippen LogP contribution >= 0.6 is 34.8 Å². The van der Waals surface area contributed by atoms with Gasteiger partial charge in [-0.25, -0.2) is 8.42 Å². The number of methoxy groups -OCH3 is 1. The number of amides is 2. The van der Waals surface area contributed by atoms with E-state index in [1.807, 2.05) is 37.3 Å². The summed E-state index contributed by atoms with van der Waals surface area (Å²) in [7, 11) is -2.97. The molecule has 12 heteroatoms. The largest absolute Gasteiger partial charge is 0.495 e. The molecule has 0 aromatic heterocycles. The Morgan fingerprint density at radius 1 is 0.891 bits per heavy atom. The number of anilines is 1. The molecule has 0 bridgehead atoms. The molecular formula is C34H34Cl3N3O5S. The molecule has 0 saturated heterocycles. The highest BCUT2D eigenvalue weighted by atomic mass is 35.5. The van der Waals surface area contributed by atoms with Gasteiger partial charge < -0.3 is 15.0 Å². The first kappa shape index (κ1) is 35.1. The molecule has 0 aliphatic heterocycles. The van der Waals surface area contributed by atoms with E-state index in [-0.39, 0.29) is 34.3 Å². The average molecular weight is 703 g/mol. The third kappa shape index (κ3) is 8.33. The molecule has 242 valence electrons. The molecule has 8 nitrogen and oxygen atoms in total. The topological polar surface area (TPSA) is 96.0 Å². The molecule has 0 aliphatic carbocycles. The number of sulfonamides is 1. The molecule has 0 saturated carbocycles. The predicted molar refractivity (Wildman–Crippen MR) is 183 cm³/mol. The van der Waals surface area contributed by atoms with Gasteiger partial charge in [-0.15, -0.1) is 0 Å². The minimum absolute atomic E-state index is 0.0433. The summed E-state index contributed by atoms with van der Waals surface area (Å²) >= 11 is 19.4. The Labute approximate surface area is 284 Å². The number of benzene rings is 4. The van der Waals surface area contributed by atoms with Crippen molar-refractivity contribution in [2.45, 2.75) is 37.8 Å². The van der Waals surface area contributed by atoms with Crippen LogP contribution in [0.3, 0.4) is 0 Å².